The quantitative estimate of drug-likeness (QED) is 0.647. The maximum absolute atomic E-state index is 12.8. The van der Waals surface area contributed by atoms with Crippen LogP contribution in [0, 0.1) is 5.41 Å². The lowest BCUT2D eigenvalue weighted by Gasteiger charge is -2.28. The molecule has 2 aliphatic rings. The van der Waals surface area contributed by atoms with E-state index in [1.807, 2.05) is 20.8 Å². The summed E-state index contributed by atoms with van der Waals surface area (Å²) >= 11 is 3.30. The van der Waals surface area contributed by atoms with E-state index in [1.165, 1.54) is 0 Å². The van der Waals surface area contributed by atoms with Gasteiger partial charge in [-0.3, -0.25) is 24.1 Å². The van der Waals surface area contributed by atoms with Crippen LogP contribution in [-0.4, -0.2) is 71.1 Å². The number of hydrogen-bond donors (Lipinski definition) is 0. The topological polar surface area (TPSA) is 78.0 Å². The van der Waals surface area contributed by atoms with Crippen LogP contribution in [0.1, 0.15) is 47.9 Å². The minimum absolute atomic E-state index is 0.0627. The Morgan fingerprint density at radius 3 is 2.25 bits per heavy atom. The number of fused-ring (bicyclic) bond motifs is 1. The van der Waals surface area contributed by atoms with Gasteiger partial charge in [0.2, 0.25) is 11.8 Å². The summed E-state index contributed by atoms with van der Waals surface area (Å²) in [7, 11) is 0. The highest BCUT2D eigenvalue weighted by Crippen LogP contribution is 2.26. The second-order valence-electron chi connectivity index (χ2n) is 8.16. The van der Waals surface area contributed by atoms with Gasteiger partial charge in [-0.15, -0.1) is 0 Å². The molecule has 7 nitrogen and oxygen atoms in total. The highest BCUT2D eigenvalue weighted by atomic mass is 79.9. The molecule has 0 atom stereocenters. The summed E-state index contributed by atoms with van der Waals surface area (Å²) in [5, 5.41) is 0. The van der Waals surface area contributed by atoms with Crippen LogP contribution in [0.4, 0.5) is 0 Å². The highest BCUT2D eigenvalue weighted by Gasteiger charge is 2.38. The predicted octanol–water partition coefficient (Wildman–Crippen LogP) is 2.15. The van der Waals surface area contributed by atoms with Gasteiger partial charge < -0.3 is 9.80 Å². The van der Waals surface area contributed by atoms with E-state index in [4.69, 9.17) is 0 Å². The Balaban J connectivity index is 1.65. The first-order valence-corrected chi connectivity index (χ1v) is 10.1. The summed E-state index contributed by atoms with van der Waals surface area (Å²) < 4.78 is 0.705. The van der Waals surface area contributed by atoms with Gasteiger partial charge in [0.05, 0.1) is 11.1 Å². The molecule has 3 rings (SSSR count). The predicted molar refractivity (Wildman–Crippen MR) is 107 cm³/mol. The van der Waals surface area contributed by atoms with Gasteiger partial charge in [0.25, 0.3) is 11.8 Å². The fourth-order valence-corrected chi connectivity index (χ4v) is 3.85. The summed E-state index contributed by atoms with van der Waals surface area (Å²) in [4.78, 5) is 54.7. The largest absolute Gasteiger partial charge is 0.340 e. The average Bonchev–Trinajstić information content (AvgIpc) is 2.82. The molecule has 4 amide bonds. The third-order valence-electron chi connectivity index (χ3n) is 5.00. The highest BCUT2D eigenvalue weighted by molar-refractivity contribution is 9.10. The van der Waals surface area contributed by atoms with E-state index in [9.17, 15) is 19.2 Å². The van der Waals surface area contributed by atoms with Crippen LogP contribution in [0.3, 0.4) is 0 Å². The van der Waals surface area contributed by atoms with E-state index in [0.29, 0.717) is 48.2 Å². The van der Waals surface area contributed by atoms with Crippen molar-refractivity contribution in [2.24, 2.45) is 5.41 Å². The van der Waals surface area contributed by atoms with Gasteiger partial charge in [-0.2, -0.15) is 0 Å². The molecule has 28 heavy (non-hydrogen) atoms. The maximum Gasteiger partial charge on any atom is 0.262 e. The minimum atomic E-state index is -0.465. The van der Waals surface area contributed by atoms with Crippen molar-refractivity contribution in [2.75, 3.05) is 32.7 Å². The molecule has 2 heterocycles. The van der Waals surface area contributed by atoms with Crippen LogP contribution in [0.2, 0.25) is 0 Å². The number of rotatable bonds is 2. The second kappa shape index (κ2) is 7.66. The van der Waals surface area contributed by atoms with Crippen molar-refractivity contribution in [1.82, 2.24) is 14.7 Å². The molecular formula is C20H24BrN3O4. The summed E-state index contributed by atoms with van der Waals surface area (Å²) in [6.07, 6.45) is 0.669. The Kier molecular flexibility index (Phi) is 5.61. The van der Waals surface area contributed by atoms with Gasteiger partial charge in [-0.25, -0.2) is 0 Å². The molecule has 150 valence electrons. The minimum Gasteiger partial charge on any atom is -0.340 e. The zero-order valence-corrected chi connectivity index (χ0v) is 17.9. The van der Waals surface area contributed by atoms with Crippen molar-refractivity contribution in [1.29, 1.82) is 0 Å². The fourth-order valence-electron chi connectivity index (χ4n) is 3.49. The first-order valence-electron chi connectivity index (χ1n) is 9.32. The van der Waals surface area contributed by atoms with Crippen molar-refractivity contribution in [3.63, 3.8) is 0 Å². The number of nitrogens with zero attached hydrogens (tertiary/aromatic N) is 3. The summed E-state index contributed by atoms with van der Waals surface area (Å²) in [6.45, 7) is 7.31. The lowest BCUT2D eigenvalue weighted by molar-refractivity contribution is -0.139. The number of carbonyl (C=O) groups excluding carboxylic acids is 4. The molecule has 0 saturated carbocycles. The van der Waals surface area contributed by atoms with Crippen LogP contribution in [0.25, 0.3) is 0 Å². The summed E-state index contributed by atoms with van der Waals surface area (Å²) in [5.74, 6) is -1.11. The molecule has 0 spiro atoms. The van der Waals surface area contributed by atoms with E-state index in [1.54, 1.807) is 28.0 Å². The number of halogens is 1. The number of amides is 4. The van der Waals surface area contributed by atoms with Gasteiger partial charge >= 0.3 is 0 Å². The monoisotopic (exact) mass is 449 g/mol. The van der Waals surface area contributed by atoms with Gasteiger partial charge in [-0.1, -0.05) is 36.7 Å². The van der Waals surface area contributed by atoms with Crippen LogP contribution >= 0.6 is 15.9 Å². The third kappa shape index (κ3) is 3.97. The second-order valence-corrected chi connectivity index (χ2v) is 9.08. The normalized spacial score (nSPS) is 17.6. The molecule has 0 N–H and O–H groups in total. The number of benzene rings is 1. The molecule has 1 saturated heterocycles. The molecule has 1 aromatic carbocycles. The van der Waals surface area contributed by atoms with Crippen molar-refractivity contribution in [3.8, 4) is 0 Å². The Hall–Kier alpha value is -2.22. The SMILES string of the molecule is CC(C)(C)C(=O)N1CCCN(C(=O)CN2C(=O)c3ccc(Br)cc3C2=O)CC1. The van der Waals surface area contributed by atoms with Crippen molar-refractivity contribution >= 4 is 39.6 Å². The fraction of sp³-hybridized carbons (Fsp3) is 0.500. The zero-order chi connectivity index (χ0) is 20.6. The maximum atomic E-state index is 12.8. The van der Waals surface area contributed by atoms with E-state index in [2.05, 4.69) is 15.9 Å². The molecule has 0 unspecified atom stereocenters. The molecule has 2 aliphatic heterocycles. The van der Waals surface area contributed by atoms with Crippen LogP contribution in [0.5, 0.6) is 0 Å². The zero-order valence-electron chi connectivity index (χ0n) is 16.3. The van der Waals surface area contributed by atoms with Crippen LogP contribution in [-0.2, 0) is 9.59 Å². The summed E-state index contributed by atoms with van der Waals surface area (Å²) in [5.41, 5.74) is 0.164. The van der Waals surface area contributed by atoms with Gasteiger partial charge in [-0.05, 0) is 24.6 Å². The molecule has 1 fully saturated rings. The van der Waals surface area contributed by atoms with Gasteiger partial charge in [0.1, 0.15) is 6.54 Å². The molecule has 8 heteroatoms. The Morgan fingerprint density at radius 2 is 1.57 bits per heavy atom. The molecule has 0 aromatic heterocycles. The van der Waals surface area contributed by atoms with E-state index >= 15 is 0 Å². The average molecular weight is 450 g/mol. The lowest BCUT2D eigenvalue weighted by Crippen LogP contribution is -2.45. The van der Waals surface area contributed by atoms with Gasteiger partial charge in [0.15, 0.2) is 0 Å². The van der Waals surface area contributed by atoms with E-state index < -0.39 is 17.2 Å². The first-order chi connectivity index (χ1) is 13.1. The first kappa shape index (κ1) is 20.5. The molecule has 1 aromatic rings. The number of imide groups is 1. The Morgan fingerprint density at radius 1 is 0.964 bits per heavy atom. The molecular weight excluding hydrogens is 426 g/mol. The Bertz CT molecular complexity index is 846. The van der Waals surface area contributed by atoms with E-state index in [-0.39, 0.29) is 18.4 Å². The van der Waals surface area contributed by atoms with Crippen molar-refractivity contribution in [2.45, 2.75) is 27.2 Å². The molecule has 0 aliphatic carbocycles. The smallest absolute Gasteiger partial charge is 0.262 e. The third-order valence-corrected chi connectivity index (χ3v) is 5.50. The summed E-state index contributed by atoms with van der Waals surface area (Å²) in [6, 6.07) is 4.89. The molecule has 0 bridgehead atoms. The van der Waals surface area contributed by atoms with Crippen LogP contribution in [0.15, 0.2) is 22.7 Å². The standard InChI is InChI=1S/C20H24BrN3O4/c1-20(2,3)19(28)23-8-4-7-22(9-10-23)16(25)12-24-17(26)14-6-5-13(21)11-15(14)18(24)27/h5-6,11H,4,7-10,12H2,1-3H3. The van der Waals surface area contributed by atoms with Crippen molar-refractivity contribution in [3.05, 3.63) is 33.8 Å². The number of hydrogen-bond acceptors (Lipinski definition) is 4. The van der Waals surface area contributed by atoms with Gasteiger partial charge in [0, 0.05) is 36.1 Å². The lowest BCUT2D eigenvalue weighted by atomic mass is 9.94. The van der Waals surface area contributed by atoms with E-state index in [0.717, 1.165) is 4.90 Å². The number of carbonyl (C=O) groups is 4. The molecule has 0 radical (unpaired) electrons. The van der Waals surface area contributed by atoms with Crippen LogP contribution < -0.4 is 0 Å². The van der Waals surface area contributed by atoms with Crippen molar-refractivity contribution < 1.29 is 19.2 Å². The Labute approximate surface area is 172 Å².